The molecule has 0 spiro atoms. The van der Waals surface area contributed by atoms with Crippen LogP contribution >= 0.6 is 11.8 Å². The Morgan fingerprint density at radius 1 is 1.21 bits per heavy atom. The van der Waals surface area contributed by atoms with Crippen molar-refractivity contribution in [1.29, 1.82) is 0 Å². The number of nitrogens with zero attached hydrogens (tertiary/aromatic N) is 3. The number of para-hydroxylation sites is 1. The number of imidazole rings is 1. The van der Waals surface area contributed by atoms with Crippen LogP contribution in [0.25, 0.3) is 0 Å². The molecule has 0 bridgehead atoms. The Hall–Kier alpha value is -3.20. The van der Waals surface area contributed by atoms with E-state index >= 15 is 0 Å². The van der Waals surface area contributed by atoms with E-state index in [1.807, 2.05) is 63.7 Å². The average Bonchev–Trinajstić information content (AvgIpc) is 3.39. The summed E-state index contributed by atoms with van der Waals surface area (Å²) in [6.07, 6.45) is 3.22. The number of carbonyl (C=O) groups is 2. The van der Waals surface area contributed by atoms with Gasteiger partial charge in [-0.2, -0.15) is 0 Å². The molecule has 2 aromatic heterocycles. The predicted molar refractivity (Wildman–Crippen MR) is 128 cm³/mol. The number of hydrogen-bond donors (Lipinski definition) is 1. The zero-order chi connectivity index (χ0) is 24.0. The molecular weight excluding hydrogens is 440 g/mol. The van der Waals surface area contributed by atoms with E-state index in [1.54, 1.807) is 29.3 Å². The summed E-state index contributed by atoms with van der Waals surface area (Å²) in [4.78, 5) is 31.2. The normalized spacial score (nSPS) is 11.3. The topological polar surface area (TPSA) is 89.6 Å². The highest BCUT2D eigenvalue weighted by Gasteiger charge is 2.22. The molecule has 176 valence electrons. The highest BCUT2D eigenvalue weighted by molar-refractivity contribution is 7.98. The lowest BCUT2D eigenvalue weighted by Crippen LogP contribution is -2.36. The average molecular weight is 471 g/mol. The van der Waals surface area contributed by atoms with Crippen LogP contribution in [0.4, 0.5) is 10.5 Å². The van der Waals surface area contributed by atoms with Crippen LogP contribution in [0.3, 0.4) is 0 Å². The van der Waals surface area contributed by atoms with Crippen molar-refractivity contribution in [3.8, 4) is 0 Å². The monoisotopic (exact) mass is 470 g/mol. The van der Waals surface area contributed by atoms with E-state index in [0.29, 0.717) is 30.3 Å². The van der Waals surface area contributed by atoms with Crippen LogP contribution in [0.5, 0.6) is 0 Å². The van der Waals surface area contributed by atoms with Crippen LogP contribution in [-0.2, 0) is 24.1 Å². The molecule has 0 saturated carbocycles. The fraction of sp³-hybridized carbons (Fsp3) is 0.375. The van der Waals surface area contributed by atoms with Gasteiger partial charge in [-0.25, -0.2) is 9.78 Å². The number of nitrogens with one attached hydrogen (secondary N) is 1. The van der Waals surface area contributed by atoms with Crippen LogP contribution in [0.2, 0.25) is 0 Å². The van der Waals surface area contributed by atoms with Gasteiger partial charge >= 0.3 is 6.09 Å². The Morgan fingerprint density at radius 3 is 2.64 bits per heavy atom. The number of furan rings is 1. The quantitative estimate of drug-likeness (QED) is 0.449. The number of hydrogen-bond acceptors (Lipinski definition) is 6. The molecule has 8 nitrogen and oxygen atoms in total. The summed E-state index contributed by atoms with van der Waals surface area (Å²) in [5, 5.41) is 3.77. The Labute approximate surface area is 198 Å². The van der Waals surface area contributed by atoms with Gasteiger partial charge in [0.2, 0.25) is 0 Å². The fourth-order valence-electron chi connectivity index (χ4n) is 3.01. The van der Waals surface area contributed by atoms with Gasteiger partial charge in [0.15, 0.2) is 10.9 Å². The zero-order valence-corrected chi connectivity index (χ0v) is 20.4. The molecule has 3 aromatic rings. The Morgan fingerprint density at radius 2 is 1.97 bits per heavy atom. The maximum absolute atomic E-state index is 12.8. The van der Waals surface area contributed by atoms with Crippen molar-refractivity contribution in [2.75, 3.05) is 11.9 Å². The van der Waals surface area contributed by atoms with Crippen LogP contribution < -0.4 is 5.32 Å². The molecule has 2 amide bonds. The van der Waals surface area contributed by atoms with Crippen LogP contribution in [0.15, 0.2) is 58.4 Å². The van der Waals surface area contributed by atoms with Gasteiger partial charge < -0.3 is 23.9 Å². The lowest BCUT2D eigenvalue weighted by Gasteiger charge is -2.27. The minimum atomic E-state index is -0.580. The summed E-state index contributed by atoms with van der Waals surface area (Å²) in [5.41, 5.74) is 0.838. The first kappa shape index (κ1) is 24.4. The lowest BCUT2D eigenvalue weighted by molar-refractivity contribution is 0.0245. The van der Waals surface area contributed by atoms with Crippen molar-refractivity contribution < 1.29 is 18.7 Å². The van der Waals surface area contributed by atoms with Gasteiger partial charge in [-0.15, -0.1) is 0 Å². The number of rotatable bonds is 8. The molecule has 0 fully saturated rings. The van der Waals surface area contributed by atoms with Gasteiger partial charge in [0.05, 0.1) is 12.3 Å². The summed E-state index contributed by atoms with van der Waals surface area (Å²) >= 11 is 1.53. The van der Waals surface area contributed by atoms with Crippen molar-refractivity contribution in [3.63, 3.8) is 0 Å². The molecule has 0 unspecified atom stereocenters. The van der Waals surface area contributed by atoms with E-state index in [-0.39, 0.29) is 11.7 Å². The van der Waals surface area contributed by atoms with E-state index in [0.717, 1.165) is 10.7 Å². The van der Waals surface area contributed by atoms with Crippen LogP contribution in [0.1, 0.15) is 49.6 Å². The maximum Gasteiger partial charge on any atom is 0.410 e. The molecule has 0 aliphatic carbocycles. The Kier molecular flexibility index (Phi) is 7.86. The first-order chi connectivity index (χ1) is 15.7. The van der Waals surface area contributed by atoms with Crippen molar-refractivity contribution in [1.82, 2.24) is 14.5 Å². The summed E-state index contributed by atoms with van der Waals surface area (Å²) < 4.78 is 13.2. The molecule has 2 heterocycles. The van der Waals surface area contributed by atoms with Crippen molar-refractivity contribution >= 4 is 29.4 Å². The highest BCUT2D eigenvalue weighted by atomic mass is 32.2. The van der Waals surface area contributed by atoms with Gasteiger partial charge in [-0.05, 0) is 51.5 Å². The number of carbonyl (C=O) groups excluding carboxylic acids is 2. The van der Waals surface area contributed by atoms with Gasteiger partial charge in [-0.1, -0.05) is 30.0 Å². The second-order valence-electron chi connectivity index (χ2n) is 8.48. The summed E-state index contributed by atoms with van der Waals surface area (Å²) in [6.45, 7) is 8.18. The number of amides is 2. The molecule has 0 aliphatic rings. The van der Waals surface area contributed by atoms with Crippen molar-refractivity contribution in [2.45, 2.75) is 50.8 Å². The van der Waals surface area contributed by atoms with E-state index in [2.05, 4.69) is 10.3 Å². The molecule has 1 N–H and O–H groups in total. The van der Waals surface area contributed by atoms with Gasteiger partial charge in [-0.3, -0.25) is 4.79 Å². The summed E-state index contributed by atoms with van der Waals surface area (Å²) in [6, 6.07) is 10.8. The third kappa shape index (κ3) is 6.89. The number of ether oxygens (including phenoxy) is 1. The molecule has 0 saturated heterocycles. The SMILES string of the molecule is CCN(Cc1ccccc1NC(=O)c1ccc(CSc2nccn2C)o1)C(=O)OC(C)(C)C. The van der Waals surface area contributed by atoms with E-state index in [4.69, 9.17) is 9.15 Å². The lowest BCUT2D eigenvalue weighted by atomic mass is 10.1. The van der Waals surface area contributed by atoms with Crippen LogP contribution in [0, 0.1) is 0 Å². The number of aromatic nitrogens is 2. The molecule has 33 heavy (non-hydrogen) atoms. The van der Waals surface area contributed by atoms with Crippen molar-refractivity contribution in [3.05, 3.63) is 65.9 Å². The Balaban J connectivity index is 1.65. The number of thioether (sulfide) groups is 1. The molecule has 1 aromatic carbocycles. The third-order valence-electron chi connectivity index (χ3n) is 4.67. The Bertz CT molecular complexity index is 1100. The molecular formula is C24H30N4O4S. The molecule has 9 heteroatoms. The molecule has 0 aliphatic heterocycles. The van der Waals surface area contributed by atoms with Gasteiger partial charge in [0.25, 0.3) is 5.91 Å². The summed E-state index contributed by atoms with van der Waals surface area (Å²) in [5.74, 6) is 1.12. The standard InChI is InChI=1S/C24H30N4O4S/c1-6-28(23(30)32-24(2,3)4)15-17-9-7-8-10-19(17)26-21(29)20-12-11-18(31-20)16-33-22-25-13-14-27(22)5/h7-14H,6,15-16H2,1-5H3,(H,26,29). The maximum atomic E-state index is 12.8. The minimum absolute atomic E-state index is 0.222. The zero-order valence-electron chi connectivity index (χ0n) is 19.6. The first-order valence-electron chi connectivity index (χ1n) is 10.7. The van der Waals surface area contributed by atoms with Crippen molar-refractivity contribution in [2.24, 2.45) is 7.05 Å². The fourth-order valence-corrected chi connectivity index (χ4v) is 3.83. The molecule has 0 radical (unpaired) electrons. The van der Waals surface area contributed by atoms with Crippen LogP contribution in [-0.4, -0.2) is 38.6 Å². The number of anilines is 1. The van der Waals surface area contributed by atoms with E-state index in [1.165, 1.54) is 11.8 Å². The molecule has 0 atom stereocenters. The minimum Gasteiger partial charge on any atom is -0.455 e. The summed E-state index contributed by atoms with van der Waals surface area (Å²) in [7, 11) is 1.93. The first-order valence-corrected chi connectivity index (χ1v) is 11.7. The molecule has 3 rings (SSSR count). The van der Waals surface area contributed by atoms with E-state index < -0.39 is 11.7 Å². The largest absolute Gasteiger partial charge is 0.455 e. The van der Waals surface area contributed by atoms with E-state index in [9.17, 15) is 9.59 Å². The second kappa shape index (κ2) is 10.6. The third-order valence-corrected chi connectivity index (χ3v) is 5.75. The van der Waals surface area contributed by atoms with Gasteiger partial charge in [0.1, 0.15) is 11.4 Å². The second-order valence-corrected chi connectivity index (χ2v) is 9.42. The predicted octanol–water partition coefficient (Wildman–Crippen LogP) is 5.31. The number of benzene rings is 1. The smallest absolute Gasteiger partial charge is 0.410 e. The van der Waals surface area contributed by atoms with Gasteiger partial charge in [0, 0.05) is 31.7 Å². The number of aryl methyl sites for hydroxylation is 1. The highest BCUT2D eigenvalue weighted by Crippen LogP contribution is 2.23.